The average Bonchev–Trinajstić information content (AvgIpc) is 3.16. The Bertz CT molecular complexity index is 1080. The van der Waals surface area contributed by atoms with E-state index in [9.17, 15) is 4.79 Å². The molecule has 2 aromatic carbocycles. The summed E-state index contributed by atoms with van der Waals surface area (Å²) in [6.45, 7) is 2.78. The summed E-state index contributed by atoms with van der Waals surface area (Å²) in [4.78, 5) is 18.9. The SMILES string of the molecule is N=C1/C(=C\c2cccc3ccccc23)C(=O)N=C2SC(N3CCOCC3)=NN12. The number of hydrogen-bond donors (Lipinski definition) is 1. The van der Waals surface area contributed by atoms with Crippen LogP contribution in [0.25, 0.3) is 16.8 Å². The van der Waals surface area contributed by atoms with E-state index in [-0.39, 0.29) is 11.4 Å². The maximum atomic E-state index is 12.6. The van der Waals surface area contributed by atoms with E-state index >= 15 is 0 Å². The van der Waals surface area contributed by atoms with Gasteiger partial charge < -0.3 is 9.64 Å². The molecule has 0 radical (unpaired) electrons. The molecule has 28 heavy (non-hydrogen) atoms. The summed E-state index contributed by atoms with van der Waals surface area (Å²) in [5.41, 5.74) is 1.13. The zero-order chi connectivity index (χ0) is 19.1. The second-order valence-electron chi connectivity index (χ2n) is 6.57. The molecule has 3 aliphatic heterocycles. The first-order valence-electron chi connectivity index (χ1n) is 9.01. The summed E-state index contributed by atoms with van der Waals surface area (Å²) >= 11 is 1.33. The second kappa shape index (κ2) is 6.88. The van der Waals surface area contributed by atoms with E-state index in [2.05, 4.69) is 15.0 Å². The van der Waals surface area contributed by atoms with Crippen molar-refractivity contribution in [3.8, 4) is 0 Å². The van der Waals surface area contributed by atoms with Crippen LogP contribution >= 0.6 is 11.8 Å². The van der Waals surface area contributed by atoms with Crippen molar-refractivity contribution in [2.24, 2.45) is 10.1 Å². The molecule has 0 aliphatic carbocycles. The minimum atomic E-state index is -0.407. The third kappa shape index (κ3) is 2.90. The number of hydrazone groups is 1. The standard InChI is InChI=1S/C20H17N5O2S/c21-17-16(12-14-6-3-5-13-4-1-2-7-15(13)14)18(26)22-19-25(17)23-20(28-19)24-8-10-27-11-9-24/h1-7,12,21H,8-11H2/b16-12+,21-17?. The van der Waals surface area contributed by atoms with Gasteiger partial charge in [-0.1, -0.05) is 42.5 Å². The van der Waals surface area contributed by atoms with Gasteiger partial charge in [-0.3, -0.25) is 10.2 Å². The first-order valence-corrected chi connectivity index (χ1v) is 9.83. The Kier molecular flexibility index (Phi) is 4.22. The van der Waals surface area contributed by atoms with Gasteiger partial charge in [0.1, 0.15) is 0 Å². The fraction of sp³-hybridized carbons (Fsp3) is 0.200. The van der Waals surface area contributed by atoms with Gasteiger partial charge in [-0.05, 0) is 34.2 Å². The largest absolute Gasteiger partial charge is 0.378 e. The Balaban J connectivity index is 1.51. The van der Waals surface area contributed by atoms with Crippen LogP contribution in [0.3, 0.4) is 0 Å². The number of aliphatic imine (C=N–C) groups is 1. The lowest BCUT2D eigenvalue weighted by atomic mass is 10.0. The summed E-state index contributed by atoms with van der Waals surface area (Å²) in [5, 5.41) is 17.9. The zero-order valence-corrected chi connectivity index (χ0v) is 15.8. The lowest BCUT2D eigenvalue weighted by Crippen LogP contribution is -2.39. The summed E-state index contributed by atoms with van der Waals surface area (Å²) in [7, 11) is 0. The van der Waals surface area contributed by atoms with Crippen LogP contribution in [0, 0.1) is 5.41 Å². The molecule has 3 heterocycles. The van der Waals surface area contributed by atoms with Crippen LogP contribution in [-0.4, -0.2) is 58.3 Å². The molecule has 0 unspecified atom stereocenters. The molecular formula is C20H17N5O2S. The van der Waals surface area contributed by atoms with Gasteiger partial charge in [-0.2, -0.15) is 10.0 Å². The van der Waals surface area contributed by atoms with Crippen molar-refractivity contribution in [3.05, 3.63) is 53.6 Å². The Morgan fingerprint density at radius 1 is 1.07 bits per heavy atom. The number of nitrogens with one attached hydrogen (secondary N) is 1. The highest BCUT2D eigenvalue weighted by Crippen LogP contribution is 2.30. The van der Waals surface area contributed by atoms with E-state index in [4.69, 9.17) is 10.1 Å². The number of ether oxygens (including phenoxy) is 1. The van der Waals surface area contributed by atoms with Gasteiger partial charge in [0, 0.05) is 13.1 Å². The summed E-state index contributed by atoms with van der Waals surface area (Å²) in [6, 6.07) is 13.9. The number of benzene rings is 2. The van der Waals surface area contributed by atoms with Crippen LogP contribution in [0.5, 0.6) is 0 Å². The van der Waals surface area contributed by atoms with Crippen molar-refractivity contribution < 1.29 is 9.53 Å². The van der Waals surface area contributed by atoms with Gasteiger partial charge in [0.15, 0.2) is 11.0 Å². The minimum absolute atomic E-state index is 0.0543. The van der Waals surface area contributed by atoms with E-state index in [0.717, 1.165) is 34.6 Å². The third-order valence-corrected chi connectivity index (χ3v) is 5.82. The van der Waals surface area contributed by atoms with Crippen molar-refractivity contribution >= 4 is 50.7 Å². The molecule has 1 fully saturated rings. The maximum Gasteiger partial charge on any atom is 0.283 e. The number of amidine groups is 3. The molecule has 8 heteroatoms. The lowest BCUT2D eigenvalue weighted by molar-refractivity contribution is -0.114. The zero-order valence-electron chi connectivity index (χ0n) is 15.0. The summed E-state index contributed by atoms with van der Waals surface area (Å²) in [5.74, 6) is -0.353. The number of fused-ring (bicyclic) bond motifs is 2. The Hall–Kier alpha value is -2.97. The molecular weight excluding hydrogens is 374 g/mol. The molecule has 1 N–H and O–H groups in total. The second-order valence-corrected chi connectivity index (χ2v) is 7.50. The van der Waals surface area contributed by atoms with E-state index in [1.54, 1.807) is 6.08 Å². The first-order chi connectivity index (χ1) is 13.7. The predicted molar refractivity (Wildman–Crippen MR) is 111 cm³/mol. The number of thioether (sulfide) groups is 1. The number of carbonyl (C=O) groups is 1. The number of hydrogen-bond acceptors (Lipinski definition) is 6. The normalized spacial score (nSPS) is 21.2. The topological polar surface area (TPSA) is 81.3 Å². The van der Waals surface area contributed by atoms with Crippen LogP contribution in [0.15, 0.2) is 58.1 Å². The van der Waals surface area contributed by atoms with Gasteiger partial charge in [-0.15, -0.1) is 5.10 Å². The molecule has 0 atom stereocenters. The predicted octanol–water partition coefficient (Wildman–Crippen LogP) is 2.75. The van der Waals surface area contributed by atoms with Crippen LogP contribution in [0.4, 0.5) is 0 Å². The lowest BCUT2D eigenvalue weighted by Gasteiger charge is -2.26. The van der Waals surface area contributed by atoms with Crippen LogP contribution in [0.1, 0.15) is 5.56 Å². The van der Waals surface area contributed by atoms with Gasteiger partial charge in [0.25, 0.3) is 5.91 Å². The van der Waals surface area contributed by atoms with Crippen molar-refractivity contribution in [1.82, 2.24) is 9.91 Å². The Labute approximate surface area is 165 Å². The van der Waals surface area contributed by atoms with Crippen molar-refractivity contribution in [2.75, 3.05) is 26.3 Å². The van der Waals surface area contributed by atoms with Gasteiger partial charge in [0.2, 0.25) is 5.17 Å². The molecule has 0 spiro atoms. The van der Waals surface area contributed by atoms with Crippen molar-refractivity contribution in [1.29, 1.82) is 5.41 Å². The van der Waals surface area contributed by atoms with Gasteiger partial charge in [-0.25, -0.2) is 0 Å². The van der Waals surface area contributed by atoms with Crippen molar-refractivity contribution in [3.63, 3.8) is 0 Å². The molecule has 0 saturated carbocycles. The summed E-state index contributed by atoms with van der Waals surface area (Å²) < 4.78 is 5.38. The smallest absolute Gasteiger partial charge is 0.283 e. The maximum absolute atomic E-state index is 12.6. The molecule has 140 valence electrons. The van der Waals surface area contributed by atoms with E-state index in [1.165, 1.54) is 16.8 Å². The molecule has 1 amide bonds. The van der Waals surface area contributed by atoms with Gasteiger partial charge in [0.05, 0.1) is 18.8 Å². The highest BCUT2D eigenvalue weighted by molar-refractivity contribution is 8.26. The first kappa shape index (κ1) is 17.2. The van der Waals surface area contributed by atoms with Crippen molar-refractivity contribution in [2.45, 2.75) is 0 Å². The number of morpholine rings is 1. The highest BCUT2D eigenvalue weighted by Gasteiger charge is 2.37. The fourth-order valence-corrected chi connectivity index (χ4v) is 4.34. The third-order valence-electron chi connectivity index (χ3n) is 4.85. The van der Waals surface area contributed by atoms with E-state index in [0.29, 0.717) is 18.4 Å². The van der Waals surface area contributed by atoms with E-state index < -0.39 is 5.91 Å². The molecule has 5 rings (SSSR count). The van der Waals surface area contributed by atoms with Crippen LogP contribution < -0.4 is 0 Å². The van der Waals surface area contributed by atoms with Crippen LogP contribution in [-0.2, 0) is 9.53 Å². The number of carbonyl (C=O) groups excluding carboxylic acids is 1. The Morgan fingerprint density at radius 2 is 1.86 bits per heavy atom. The molecule has 1 saturated heterocycles. The fourth-order valence-electron chi connectivity index (χ4n) is 3.40. The van der Waals surface area contributed by atoms with Crippen LogP contribution in [0.2, 0.25) is 0 Å². The number of nitrogens with zero attached hydrogens (tertiary/aromatic N) is 4. The molecule has 3 aliphatic rings. The average molecular weight is 391 g/mol. The molecule has 7 nitrogen and oxygen atoms in total. The monoisotopic (exact) mass is 391 g/mol. The number of amides is 1. The molecule has 0 bridgehead atoms. The number of rotatable bonds is 1. The molecule has 0 aromatic heterocycles. The minimum Gasteiger partial charge on any atom is -0.378 e. The Morgan fingerprint density at radius 3 is 2.71 bits per heavy atom. The highest BCUT2D eigenvalue weighted by atomic mass is 32.2. The van der Waals surface area contributed by atoms with E-state index in [1.807, 2.05) is 42.5 Å². The summed E-state index contributed by atoms with van der Waals surface area (Å²) in [6.07, 6.45) is 1.74. The van der Waals surface area contributed by atoms with Gasteiger partial charge >= 0.3 is 0 Å². The molecule has 2 aromatic rings. The quantitative estimate of drug-likeness (QED) is 0.756.